The topological polar surface area (TPSA) is 32.3 Å². The maximum Gasteiger partial charge on any atom is 0.222 e. The molecule has 1 fully saturated rings. The fourth-order valence-corrected chi connectivity index (χ4v) is 3.76. The number of carbonyl (C=O) groups excluding carboxylic acids is 1. The molecule has 0 saturated carbocycles. The Balaban J connectivity index is 1.79. The second kappa shape index (κ2) is 8.01. The Bertz CT molecular complexity index is 429. The van der Waals surface area contributed by atoms with Crippen LogP contribution in [-0.4, -0.2) is 30.4 Å². The number of rotatable bonds is 6. The third-order valence-corrected chi connectivity index (χ3v) is 5.09. The molecule has 1 aliphatic heterocycles. The summed E-state index contributed by atoms with van der Waals surface area (Å²) in [5.74, 6) is 0.935. The van der Waals surface area contributed by atoms with Gasteiger partial charge in [-0.1, -0.05) is 11.6 Å². The van der Waals surface area contributed by atoms with Gasteiger partial charge in [0.25, 0.3) is 0 Å². The van der Waals surface area contributed by atoms with Gasteiger partial charge in [0.05, 0.1) is 10.9 Å². The number of carbonyl (C=O) groups is 1. The van der Waals surface area contributed by atoms with Crippen LogP contribution in [0.25, 0.3) is 0 Å². The van der Waals surface area contributed by atoms with Gasteiger partial charge in [0.2, 0.25) is 5.91 Å². The minimum absolute atomic E-state index is 0.266. The molecule has 112 valence electrons. The summed E-state index contributed by atoms with van der Waals surface area (Å²) in [7, 11) is 0. The van der Waals surface area contributed by atoms with E-state index in [1.807, 2.05) is 24.0 Å². The lowest BCUT2D eigenvalue weighted by atomic mass is 9.94. The number of amides is 1. The molecule has 5 heteroatoms. The van der Waals surface area contributed by atoms with Crippen LogP contribution >= 0.6 is 22.9 Å². The predicted molar refractivity (Wildman–Crippen MR) is 85.2 cm³/mol. The Labute approximate surface area is 130 Å². The van der Waals surface area contributed by atoms with Crippen LogP contribution in [-0.2, 0) is 11.3 Å². The van der Waals surface area contributed by atoms with Crippen molar-refractivity contribution in [1.82, 2.24) is 10.2 Å². The zero-order chi connectivity index (χ0) is 14.4. The maximum atomic E-state index is 12.3. The lowest BCUT2D eigenvalue weighted by molar-refractivity contribution is -0.131. The monoisotopic (exact) mass is 314 g/mol. The van der Waals surface area contributed by atoms with E-state index in [-0.39, 0.29) is 5.91 Å². The number of hydrogen-bond acceptors (Lipinski definition) is 3. The quantitative estimate of drug-likeness (QED) is 0.871. The van der Waals surface area contributed by atoms with Crippen LogP contribution in [0.3, 0.4) is 0 Å². The third kappa shape index (κ3) is 4.76. The van der Waals surface area contributed by atoms with Gasteiger partial charge in [-0.05, 0) is 57.3 Å². The van der Waals surface area contributed by atoms with Crippen molar-refractivity contribution in [2.75, 3.05) is 19.6 Å². The van der Waals surface area contributed by atoms with Gasteiger partial charge in [-0.3, -0.25) is 4.79 Å². The highest BCUT2D eigenvalue weighted by Gasteiger charge is 2.17. The Kier molecular flexibility index (Phi) is 6.33. The van der Waals surface area contributed by atoms with E-state index in [9.17, 15) is 4.79 Å². The summed E-state index contributed by atoms with van der Waals surface area (Å²) in [5.41, 5.74) is 0. The molecule has 1 amide bonds. The molecule has 1 saturated heterocycles. The lowest BCUT2D eigenvalue weighted by Gasteiger charge is -2.24. The molecule has 2 heterocycles. The fourth-order valence-electron chi connectivity index (χ4n) is 2.66. The lowest BCUT2D eigenvalue weighted by Crippen LogP contribution is -2.33. The summed E-state index contributed by atoms with van der Waals surface area (Å²) in [5, 5.41) is 3.41. The summed E-state index contributed by atoms with van der Waals surface area (Å²) in [4.78, 5) is 15.4. The second-order valence-corrected chi connectivity index (χ2v) is 7.16. The van der Waals surface area contributed by atoms with E-state index in [0.29, 0.717) is 18.9 Å². The van der Waals surface area contributed by atoms with Crippen molar-refractivity contribution >= 4 is 28.8 Å². The van der Waals surface area contributed by atoms with E-state index in [4.69, 9.17) is 11.6 Å². The average molecular weight is 315 g/mol. The smallest absolute Gasteiger partial charge is 0.222 e. The maximum absolute atomic E-state index is 12.3. The second-order valence-electron chi connectivity index (χ2n) is 5.36. The molecule has 0 bridgehead atoms. The van der Waals surface area contributed by atoms with E-state index in [1.54, 1.807) is 11.3 Å². The highest BCUT2D eigenvalue weighted by molar-refractivity contribution is 7.16. The molecule has 2 rings (SSSR count). The van der Waals surface area contributed by atoms with Gasteiger partial charge in [0, 0.05) is 17.8 Å². The Morgan fingerprint density at radius 3 is 3.00 bits per heavy atom. The summed E-state index contributed by atoms with van der Waals surface area (Å²) < 4.78 is 0.789. The molecule has 1 unspecified atom stereocenters. The van der Waals surface area contributed by atoms with Crippen molar-refractivity contribution in [3.8, 4) is 0 Å². The molecule has 1 aliphatic rings. The van der Waals surface area contributed by atoms with E-state index in [2.05, 4.69) is 5.32 Å². The molecular formula is C15H23ClN2OS. The Hall–Kier alpha value is -0.580. The molecule has 0 aliphatic carbocycles. The van der Waals surface area contributed by atoms with Crippen molar-refractivity contribution in [1.29, 1.82) is 0 Å². The van der Waals surface area contributed by atoms with Crippen molar-refractivity contribution in [2.24, 2.45) is 5.92 Å². The van der Waals surface area contributed by atoms with Gasteiger partial charge >= 0.3 is 0 Å². The van der Waals surface area contributed by atoms with Gasteiger partial charge in [-0.15, -0.1) is 11.3 Å². The van der Waals surface area contributed by atoms with Crippen molar-refractivity contribution < 1.29 is 4.79 Å². The van der Waals surface area contributed by atoms with Crippen LogP contribution in [0.2, 0.25) is 4.34 Å². The number of nitrogens with one attached hydrogen (secondary N) is 1. The number of nitrogens with zero attached hydrogens (tertiary/aromatic N) is 1. The van der Waals surface area contributed by atoms with E-state index >= 15 is 0 Å². The molecule has 20 heavy (non-hydrogen) atoms. The van der Waals surface area contributed by atoms with Gasteiger partial charge in [0.15, 0.2) is 0 Å². The molecule has 1 aromatic rings. The van der Waals surface area contributed by atoms with E-state index in [1.165, 1.54) is 12.8 Å². The summed E-state index contributed by atoms with van der Waals surface area (Å²) in [6.45, 7) is 5.69. The number of thiophene rings is 1. The van der Waals surface area contributed by atoms with Crippen molar-refractivity contribution in [3.63, 3.8) is 0 Å². The summed E-state index contributed by atoms with van der Waals surface area (Å²) >= 11 is 7.49. The first-order valence-corrected chi connectivity index (χ1v) is 8.61. The zero-order valence-corrected chi connectivity index (χ0v) is 13.6. The summed E-state index contributed by atoms with van der Waals surface area (Å²) in [6, 6.07) is 3.90. The molecule has 1 atom stereocenters. The van der Waals surface area contributed by atoms with Crippen molar-refractivity contribution in [2.45, 2.75) is 39.2 Å². The first-order valence-electron chi connectivity index (χ1n) is 7.41. The molecule has 3 nitrogen and oxygen atoms in total. The Morgan fingerprint density at radius 2 is 2.40 bits per heavy atom. The molecule has 1 aromatic heterocycles. The van der Waals surface area contributed by atoms with E-state index < -0.39 is 0 Å². The molecule has 0 aromatic carbocycles. The summed E-state index contributed by atoms with van der Waals surface area (Å²) in [6.07, 6.45) is 4.17. The average Bonchev–Trinajstić information content (AvgIpc) is 2.88. The predicted octanol–water partition coefficient (Wildman–Crippen LogP) is 3.53. The number of piperidine rings is 1. The van der Waals surface area contributed by atoms with Gasteiger partial charge in [-0.2, -0.15) is 0 Å². The molecule has 0 spiro atoms. The first kappa shape index (κ1) is 15.8. The van der Waals surface area contributed by atoms with Crippen LogP contribution in [0, 0.1) is 5.92 Å². The third-order valence-electron chi connectivity index (χ3n) is 3.88. The highest BCUT2D eigenvalue weighted by Crippen LogP contribution is 2.23. The zero-order valence-electron chi connectivity index (χ0n) is 12.0. The SMILES string of the molecule is CCN(Cc1ccc(Cl)s1)C(=O)CCC1CCCNC1. The fraction of sp³-hybridized carbons (Fsp3) is 0.667. The van der Waals surface area contributed by atoms with Crippen LogP contribution in [0.1, 0.15) is 37.5 Å². The van der Waals surface area contributed by atoms with Gasteiger partial charge < -0.3 is 10.2 Å². The van der Waals surface area contributed by atoms with Crippen LogP contribution in [0.4, 0.5) is 0 Å². The first-order chi connectivity index (χ1) is 9.69. The van der Waals surface area contributed by atoms with Crippen molar-refractivity contribution in [3.05, 3.63) is 21.3 Å². The number of halogens is 1. The highest BCUT2D eigenvalue weighted by atomic mass is 35.5. The van der Waals surface area contributed by atoms with Crippen LogP contribution in [0.15, 0.2) is 12.1 Å². The largest absolute Gasteiger partial charge is 0.338 e. The van der Waals surface area contributed by atoms with E-state index in [0.717, 1.165) is 35.3 Å². The minimum atomic E-state index is 0.266. The van der Waals surface area contributed by atoms with Crippen LogP contribution < -0.4 is 5.32 Å². The van der Waals surface area contributed by atoms with Gasteiger partial charge in [0.1, 0.15) is 0 Å². The minimum Gasteiger partial charge on any atom is -0.338 e. The molecule has 1 N–H and O–H groups in total. The van der Waals surface area contributed by atoms with Crippen LogP contribution in [0.5, 0.6) is 0 Å². The molecule has 0 radical (unpaired) electrons. The number of hydrogen-bond donors (Lipinski definition) is 1. The molecular weight excluding hydrogens is 292 g/mol. The standard InChI is InChI=1S/C15H23ClN2OS/c1-2-18(11-13-6-7-14(16)20-13)15(19)8-5-12-4-3-9-17-10-12/h6-7,12,17H,2-5,8-11H2,1H3. The van der Waals surface area contributed by atoms with Gasteiger partial charge in [-0.25, -0.2) is 0 Å². The normalized spacial score (nSPS) is 19.0. The Morgan fingerprint density at radius 1 is 1.55 bits per heavy atom.